The van der Waals surface area contributed by atoms with Crippen LogP contribution in [0.15, 0.2) is 30.4 Å². The van der Waals surface area contributed by atoms with E-state index in [4.69, 9.17) is 0 Å². The van der Waals surface area contributed by atoms with Gasteiger partial charge in [0.05, 0.1) is 0 Å². The van der Waals surface area contributed by atoms with Crippen molar-refractivity contribution >= 4 is 22.8 Å². The summed E-state index contributed by atoms with van der Waals surface area (Å²) in [7, 11) is 0. The molecule has 29 heavy (non-hydrogen) atoms. The first-order chi connectivity index (χ1) is 13.7. The van der Waals surface area contributed by atoms with Crippen LogP contribution >= 0.6 is 0 Å². The number of ether oxygens (including phenoxy) is 1. The first-order valence-electron chi connectivity index (χ1n) is 9.16. The van der Waals surface area contributed by atoms with Crippen molar-refractivity contribution in [2.75, 3.05) is 6.54 Å². The highest BCUT2D eigenvalue weighted by Gasteiger charge is 2.31. The predicted octanol–water partition coefficient (Wildman–Crippen LogP) is 2.37. The molecule has 1 aliphatic carbocycles. The first kappa shape index (κ1) is 20.8. The maximum atomic E-state index is 12.5. The Balaban J connectivity index is 1.69. The van der Waals surface area contributed by atoms with E-state index in [1.165, 1.54) is 18.2 Å². The second-order valence-electron chi connectivity index (χ2n) is 7.00. The quantitative estimate of drug-likeness (QED) is 0.717. The van der Waals surface area contributed by atoms with Crippen molar-refractivity contribution in [2.45, 2.75) is 32.5 Å². The Morgan fingerprint density at radius 1 is 1.24 bits per heavy atom. The van der Waals surface area contributed by atoms with Gasteiger partial charge in [-0.1, -0.05) is 12.2 Å². The number of fused-ring (bicyclic) bond motifs is 1. The number of rotatable bonds is 6. The number of nitrogens with one attached hydrogen (secondary N) is 2. The Kier molecular flexibility index (Phi) is 5.86. The average molecular weight is 409 g/mol. The highest BCUT2D eigenvalue weighted by Crippen LogP contribution is 2.30. The van der Waals surface area contributed by atoms with Crippen LogP contribution in [0.1, 0.15) is 24.1 Å². The van der Waals surface area contributed by atoms with Gasteiger partial charge in [0.1, 0.15) is 5.75 Å². The predicted molar refractivity (Wildman–Crippen MR) is 96.8 cm³/mol. The lowest BCUT2D eigenvalue weighted by Gasteiger charge is -2.28. The maximum Gasteiger partial charge on any atom is 0.573 e. The number of aromatic amines is 1. The summed E-state index contributed by atoms with van der Waals surface area (Å²) in [4.78, 5) is 26.7. The lowest BCUT2D eigenvalue weighted by atomic mass is 9.82. The number of carboxylic acids is 1. The monoisotopic (exact) mass is 409 g/mol. The molecule has 0 fully saturated rings. The van der Waals surface area contributed by atoms with Gasteiger partial charge in [0, 0.05) is 40.9 Å². The summed E-state index contributed by atoms with van der Waals surface area (Å²) in [5, 5.41) is 14.5. The van der Waals surface area contributed by atoms with Crippen molar-refractivity contribution in [2.24, 2.45) is 11.8 Å². The number of hydrogen-bond donors (Lipinski definition) is 2. The molecule has 9 heteroatoms. The molecule has 1 aromatic heterocycles. The van der Waals surface area contributed by atoms with Gasteiger partial charge in [0.2, 0.25) is 5.91 Å². The fourth-order valence-corrected chi connectivity index (χ4v) is 3.69. The minimum absolute atomic E-state index is 0.219. The van der Waals surface area contributed by atoms with Gasteiger partial charge in [0.15, 0.2) is 0 Å². The molecule has 1 amide bonds. The van der Waals surface area contributed by atoms with Gasteiger partial charge in [-0.05, 0) is 49.9 Å². The van der Waals surface area contributed by atoms with Crippen molar-refractivity contribution in [3.63, 3.8) is 0 Å². The molecule has 0 aliphatic heterocycles. The van der Waals surface area contributed by atoms with Crippen LogP contribution in [0.4, 0.5) is 13.2 Å². The number of carbonyl (C=O) groups excluding carboxylic acids is 2. The number of aliphatic carboxylic acids is 1. The van der Waals surface area contributed by atoms with Gasteiger partial charge in [-0.25, -0.2) is 0 Å². The third kappa shape index (κ3) is 4.90. The van der Waals surface area contributed by atoms with Crippen LogP contribution < -0.4 is 15.2 Å². The molecule has 0 saturated heterocycles. The van der Waals surface area contributed by atoms with E-state index in [-0.39, 0.29) is 24.6 Å². The second kappa shape index (κ2) is 8.18. The number of halogens is 3. The van der Waals surface area contributed by atoms with E-state index in [0.717, 1.165) is 11.3 Å². The Bertz CT molecular complexity index is 949. The lowest BCUT2D eigenvalue weighted by Crippen LogP contribution is -2.44. The van der Waals surface area contributed by atoms with E-state index < -0.39 is 24.2 Å². The van der Waals surface area contributed by atoms with E-state index in [1.807, 2.05) is 0 Å². The minimum Gasteiger partial charge on any atom is -0.550 e. The molecule has 3 rings (SSSR count). The highest BCUT2D eigenvalue weighted by atomic mass is 19.4. The molecule has 156 valence electrons. The van der Waals surface area contributed by atoms with Crippen LogP contribution in [0.3, 0.4) is 0 Å². The molecule has 1 aromatic carbocycles. The third-order valence-corrected chi connectivity index (χ3v) is 5.07. The molecular weight excluding hydrogens is 389 g/mol. The zero-order valence-electron chi connectivity index (χ0n) is 15.6. The van der Waals surface area contributed by atoms with E-state index in [2.05, 4.69) is 15.0 Å². The topological polar surface area (TPSA) is 94.2 Å². The number of alkyl halides is 3. The summed E-state index contributed by atoms with van der Waals surface area (Å²) in [6, 6.07) is 4.04. The lowest BCUT2D eigenvalue weighted by molar-refractivity contribution is -0.313. The Morgan fingerprint density at radius 3 is 2.59 bits per heavy atom. The van der Waals surface area contributed by atoms with Crippen LogP contribution in [0.2, 0.25) is 0 Å². The summed E-state index contributed by atoms with van der Waals surface area (Å²) < 4.78 is 41.4. The molecule has 0 saturated carbocycles. The number of H-pyrrole nitrogens is 1. The fraction of sp³-hybridized carbons (Fsp3) is 0.400. The van der Waals surface area contributed by atoms with Gasteiger partial charge < -0.3 is 24.9 Å². The highest BCUT2D eigenvalue weighted by molar-refractivity contribution is 5.87. The summed E-state index contributed by atoms with van der Waals surface area (Å²) in [6.07, 6.45) is -0.336. The normalized spacial score (nSPS) is 19.3. The zero-order chi connectivity index (χ0) is 21.2. The van der Waals surface area contributed by atoms with Gasteiger partial charge >= 0.3 is 6.36 Å². The average Bonchev–Trinajstić information content (AvgIpc) is 2.95. The molecule has 0 radical (unpaired) electrons. The Labute approximate surface area is 164 Å². The number of amides is 1. The number of allylic oxidation sites excluding steroid dienone is 2. The van der Waals surface area contributed by atoms with Crippen molar-refractivity contribution in [1.29, 1.82) is 0 Å². The van der Waals surface area contributed by atoms with Crippen molar-refractivity contribution in [3.8, 4) is 5.75 Å². The fourth-order valence-electron chi connectivity index (χ4n) is 3.69. The summed E-state index contributed by atoms with van der Waals surface area (Å²) in [6.45, 7) is 2.01. The van der Waals surface area contributed by atoms with Crippen LogP contribution in [-0.2, 0) is 16.0 Å². The molecule has 2 atom stereocenters. The first-order valence-corrected chi connectivity index (χ1v) is 9.16. The molecule has 1 heterocycles. The Morgan fingerprint density at radius 2 is 1.93 bits per heavy atom. The van der Waals surface area contributed by atoms with Crippen LogP contribution in [0.5, 0.6) is 5.75 Å². The number of carbonyl (C=O) groups is 2. The molecule has 1 aliphatic rings. The maximum absolute atomic E-state index is 12.5. The smallest absolute Gasteiger partial charge is 0.550 e. The molecule has 0 unspecified atom stereocenters. The molecule has 0 spiro atoms. The number of aromatic nitrogens is 1. The molecule has 6 nitrogen and oxygen atoms in total. The van der Waals surface area contributed by atoms with Crippen LogP contribution in [0.25, 0.3) is 10.9 Å². The minimum atomic E-state index is -4.78. The number of benzene rings is 1. The summed E-state index contributed by atoms with van der Waals surface area (Å²) >= 11 is 0. The van der Waals surface area contributed by atoms with E-state index >= 15 is 0 Å². The van der Waals surface area contributed by atoms with Crippen molar-refractivity contribution in [3.05, 3.63) is 41.6 Å². The van der Waals surface area contributed by atoms with Crippen LogP contribution in [-0.4, -0.2) is 29.8 Å². The van der Waals surface area contributed by atoms with Crippen molar-refractivity contribution in [1.82, 2.24) is 10.3 Å². The number of hydrogen-bond acceptors (Lipinski definition) is 4. The van der Waals surface area contributed by atoms with E-state index in [9.17, 15) is 27.9 Å². The van der Waals surface area contributed by atoms with E-state index in [1.54, 1.807) is 19.1 Å². The standard InChI is InChI=1S/C20H21F3N2O4/c1-11-13(16-10-12(29-20(21,22)23)6-7-17(16)25-11)8-9-24-18(26)14-4-2-3-5-15(14)19(27)28/h2-3,6-7,10,14-15,25H,4-5,8-9H2,1H3,(H,24,26)(H,27,28)/p-1/t14-,15-/m0/s1. The Hall–Kier alpha value is -2.97. The van der Waals surface area contributed by atoms with Crippen molar-refractivity contribution < 1.29 is 32.6 Å². The largest absolute Gasteiger partial charge is 0.573 e. The SMILES string of the molecule is Cc1[nH]c2ccc(OC(F)(F)F)cc2c1CCNC(=O)[C@H]1CC=CC[C@@H]1C(=O)[O-]. The van der Waals surface area contributed by atoms with Crippen LogP contribution in [0, 0.1) is 18.8 Å². The van der Waals surface area contributed by atoms with E-state index in [0.29, 0.717) is 23.7 Å². The molecular formula is C20H20F3N2O4-. The van der Waals surface area contributed by atoms with Gasteiger partial charge in [-0.3, -0.25) is 4.79 Å². The third-order valence-electron chi connectivity index (χ3n) is 5.07. The zero-order valence-corrected chi connectivity index (χ0v) is 15.6. The van der Waals surface area contributed by atoms with Gasteiger partial charge in [-0.2, -0.15) is 0 Å². The number of aryl methyl sites for hydroxylation is 1. The molecule has 2 N–H and O–H groups in total. The van der Waals surface area contributed by atoms with Gasteiger partial charge in [0.25, 0.3) is 0 Å². The number of carboxylic acid groups (broad SMARTS) is 1. The second-order valence-corrected chi connectivity index (χ2v) is 7.00. The summed E-state index contributed by atoms with van der Waals surface area (Å²) in [5.41, 5.74) is 2.19. The van der Waals surface area contributed by atoms with Gasteiger partial charge in [-0.15, -0.1) is 13.2 Å². The molecule has 2 aromatic rings. The summed E-state index contributed by atoms with van der Waals surface area (Å²) in [5.74, 6) is -3.50. The molecule has 0 bridgehead atoms.